The van der Waals surface area contributed by atoms with Gasteiger partial charge in [-0.15, -0.1) is 0 Å². The van der Waals surface area contributed by atoms with Crippen LogP contribution in [0.25, 0.3) is 0 Å². The molecule has 0 N–H and O–H groups in total. The Morgan fingerprint density at radius 2 is 1.40 bits per heavy atom. The molecule has 0 spiro atoms. The summed E-state index contributed by atoms with van der Waals surface area (Å²) in [5.41, 5.74) is 0. The maximum absolute atomic E-state index is 10.0. The zero-order valence-corrected chi connectivity index (χ0v) is 10.7. The molecule has 0 rings (SSSR count). The first-order valence-electron chi connectivity index (χ1n) is 2.15. The van der Waals surface area contributed by atoms with E-state index in [0.717, 1.165) is 0 Å². The van der Waals surface area contributed by atoms with Crippen LogP contribution in [0.1, 0.15) is 13.8 Å². The largest absolute Gasteiger partial charge is 0 e. The minimum atomic E-state index is -1.31. The van der Waals surface area contributed by atoms with Gasteiger partial charge in [0.15, 0.2) is 0 Å². The van der Waals surface area contributed by atoms with E-state index in [1.54, 1.807) is 0 Å². The Morgan fingerprint density at radius 1 is 1.10 bits per heavy atom. The van der Waals surface area contributed by atoms with Crippen LogP contribution in [0.3, 0.4) is 0 Å². The van der Waals surface area contributed by atoms with Gasteiger partial charge in [-0.05, 0) is 0 Å². The van der Waals surface area contributed by atoms with Gasteiger partial charge in [0.2, 0.25) is 0 Å². The zero-order valence-electron chi connectivity index (χ0n) is 5.54. The predicted molar refractivity (Wildman–Crippen MR) is 44.7 cm³/mol. The Balaban J connectivity index is 0. The Morgan fingerprint density at radius 3 is 1.60 bits per heavy atom. The van der Waals surface area contributed by atoms with E-state index in [2.05, 4.69) is 6.13 Å². The van der Waals surface area contributed by atoms with Crippen LogP contribution in [0.5, 0.6) is 0 Å². The van der Waals surface area contributed by atoms with E-state index >= 15 is 0 Å². The van der Waals surface area contributed by atoms with Crippen molar-refractivity contribution in [2.24, 2.45) is 0 Å². The molecular formula is C4H7IO4Sn. The topological polar surface area (TPSA) is 52.6 Å². The Hall–Kier alpha value is 0.469. The third-order valence-electron chi connectivity index (χ3n) is 0.303. The van der Waals surface area contributed by atoms with Gasteiger partial charge in [-0.25, -0.2) is 0 Å². The molecule has 0 saturated heterocycles. The van der Waals surface area contributed by atoms with Gasteiger partial charge in [-0.3, -0.25) is 0 Å². The van der Waals surface area contributed by atoms with Gasteiger partial charge in [0.1, 0.15) is 0 Å². The van der Waals surface area contributed by atoms with Crippen LogP contribution in [0, 0.1) is 0 Å². The van der Waals surface area contributed by atoms with Crippen LogP contribution < -0.4 is 0 Å². The number of carbonyl (C=O) groups excluding carboxylic acids is 2. The fourth-order valence-corrected chi connectivity index (χ4v) is 0.757. The van der Waals surface area contributed by atoms with Crippen molar-refractivity contribution >= 4 is 57.9 Å². The first kappa shape index (κ1) is 13.1. The molecule has 0 aliphatic carbocycles. The van der Waals surface area contributed by atoms with Gasteiger partial charge in [-0.1, -0.05) is 0 Å². The Labute approximate surface area is 87.0 Å². The van der Waals surface area contributed by atoms with Crippen molar-refractivity contribution in [1.82, 2.24) is 0 Å². The van der Waals surface area contributed by atoms with Crippen molar-refractivity contribution in [1.29, 1.82) is 0 Å². The molecule has 4 radical (unpaired) electrons. The molecule has 0 aliphatic rings. The predicted octanol–water partition coefficient (Wildman–Crippen LogP) is 0.265. The average molecular weight is 365 g/mol. The van der Waals surface area contributed by atoms with E-state index < -0.39 is 34.0 Å². The minimum Gasteiger partial charge on any atom is 0 e. The molecule has 0 aromatic rings. The molecule has 58 valence electrons. The van der Waals surface area contributed by atoms with Gasteiger partial charge >= 0.3 is 63.5 Å². The molecule has 0 unspecified atom stereocenters. The van der Waals surface area contributed by atoms with Crippen LogP contribution in [-0.4, -0.2) is 35.8 Å². The minimum absolute atomic E-state index is 0. The summed E-state index contributed by atoms with van der Waals surface area (Å²) in [5.74, 6) is -0.808. The molecule has 0 atom stereocenters. The first-order valence-corrected chi connectivity index (χ1v) is 4.05. The second-order valence-corrected chi connectivity index (χ2v) is 2.56. The quantitative estimate of drug-likeness (QED) is 0.521. The number of rotatable bonds is 2. The number of hydrogen-bond acceptors (Lipinski definition) is 4. The zero-order chi connectivity index (χ0) is 7.28. The SMILES string of the molecule is CC(=O)O[IH]OC(C)=O.[Sn]. The van der Waals surface area contributed by atoms with Gasteiger partial charge in [0.05, 0.1) is 0 Å². The van der Waals surface area contributed by atoms with Crippen molar-refractivity contribution < 1.29 is 15.7 Å². The molecule has 0 saturated carbocycles. The maximum atomic E-state index is 10.0. The van der Waals surface area contributed by atoms with E-state index in [-0.39, 0.29) is 23.9 Å². The van der Waals surface area contributed by atoms with Crippen LogP contribution in [0.15, 0.2) is 0 Å². The summed E-state index contributed by atoms with van der Waals surface area (Å²) >= 11 is -1.31. The Kier molecular flexibility index (Phi) is 9.91. The number of halogens is 1. The van der Waals surface area contributed by atoms with Crippen molar-refractivity contribution in [2.45, 2.75) is 13.8 Å². The summed E-state index contributed by atoms with van der Waals surface area (Å²) in [6.45, 7) is 2.54. The molecule has 0 amide bonds. The summed E-state index contributed by atoms with van der Waals surface area (Å²) in [4.78, 5) is 20.1. The van der Waals surface area contributed by atoms with Gasteiger partial charge in [0.25, 0.3) is 0 Å². The molecule has 0 fully saturated rings. The van der Waals surface area contributed by atoms with E-state index in [1.807, 2.05) is 0 Å². The number of hydrogen-bond donors (Lipinski definition) is 0. The fraction of sp³-hybridized carbons (Fsp3) is 0.500. The molecule has 0 aromatic carbocycles. The molecule has 0 aliphatic heterocycles. The van der Waals surface area contributed by atoms with Gasteiger partial charge in [0, 0.05) is 23.9 Å². The van der Waals surface area contributed by atoms with Crippen molar-refractivity contribution in [2.75, 3.05) is 0 Å². The van der Waals surface area contributed by atoms with Crippen molar-refractivity contribution in [3.63, 3.8) is 0 Å². The van der Waals surface area contributed by atoms with Crippen LogP contribution >= 0.6 is 22.0 Å². The third kappa shape index (κ3) is 11.3. The summed E-state index contributed by atoms with van der Waals surface area (Å²) in [7, 11) is 0. The van der Waals surface area contributed by atoms with Crippen LogP contribution in [-0.2, 0) is 15.7 Å². The summed E-state index contributed by atoms with van der Waals surface area (Å²) in [6, 6.07) is 0. The standard InChI is InChI=1S/C4H7IO4.Sn/c1-3(6)8-5-9-4(2)7;/h5H,1-2H3;. The van der Waals surface area contributed by atoms with Crippen molar-refractivity contribution in [3.8, 4) is 0 Å². The fourth-order valence-electron chi connectivity index (χ4n) is 0.113. The smallest absolute Gasteiger partial charge is 0 e. The second-order valence-electron chi connectivity index (χ2n) is 1.22. The summed E-state index contributed by atoms with van der Waals surface area (Å²) in [5, 5.41) is 0. The van der Waals surface area contributed by atoms with E-state index in [9.17, 15) is 9.59 Å². The number of carbonyl (C=O) groups is 2. The molecule has 10 heavy (non-hydrogen) atoms. The summed E-state index contributed by atoms with van der Waals surface area (Å²) in [6.07, 6.45) is 0. The van der Waals surface area contributed by atoms with E-state index in [0.29, 0.717) is 0 Å². The van der Waals surface area contributed by atoms with Crippen LogP contribution in [0.4, 0.5) is 0 Å². The molecular weight excluding hydrogens is 358 g/mol. The normalized spacial score (nSPS) is 7.80. The van der Waals surface area contributed by atoms with Crippen LogP contribution in [0.2, 0.25) is 0 Å². The Bertz CT molecular complexity index is 112. The first-order chi connectivity index (χ1) is 4.13. The molecule has 0 aromatic heterocycles. The van der Waals surface area contributed by atoms with Gasteiger partial charge < -0.3 is 0 Å². The van der Waals surface area contributed by atoms with Crippen molar-refractivity contribution in [3.05, 3.63) is 0 Å². The monoisotopic (exact) mass is 366 g/mol. The third-order valence-corrected chi connectivity index (χ3v) is 2.03. The second kappa shape index (κ2) is 7.57. The molecule has 0 heterocycles. The van der Waals surface area contributed by atoms with Gasteiger partial charge in [-0.2, -0.15) is 0 Å². The molecule has 6 heteroatoms. The molecule has 0 bridgehead atoms. The summed E-state index contributed by atoms with van der Waals surface area (Å²) < 4.78 is 8.80. The van der Waals surface area contributed by atoms with E-state index in [1.165, 1.54) is 13.8 Å². The van der Waals surface area contributed by atoms with E-state index in [4.69, 9.17) is 0 Å². The maximum Gasteiger partial charge on any atom is 0 e. The molecule has 4 nitrogen and oxygen atoms in total. The average Bonchev–Trinajstić information content (AvgIpc) is 1.63.